The molecule has 0 rings (SSSR count). The number of rotatable bonds is 3. The minimum atomic E-state index is 0. The van der Waals surface area contributed by atoms with Crippen molar-refractivity contribution in [2.45, 2.75) is 49.0 Å². The lowest BCUT2D eigenvalue weighted by atomic mass is 10.2. The molecule has 0 aliphatic rings. The van der Waals surface area contributed by atoms with E-state index in [1.54, 1.807) is 6.08 Å². The zero-order valence-electron chi connectivity index (χ0n) is 11.7. The van der Waals surface area contributed by atoms with Crippen LogP contribution < -0.4 is 0 Å². The van der Waals surface area contributed by atoms with Crippen LogP contribution in [0.25, 0.3) is 0 Å². The van der Waals surface area contributed by atoms with Crippen LogP contribution in [0, 0.1) is 0 Å². The zero-order chi connectivity index (χ0) is 13.1. The summed E-state index contributed by atoms with van der Waals surface area (Å²) < 4.78 is 0. The van der Waals surface area contributed by atoms with E-state index in [2.05, 4.69) is 53.0 Å². The molecule has 0 saturated heterocycles. The summed E-state index contributed by atoms with van der Waals surface area (Å²) in [5, 5.41) is 0. The Kier molecular flexibility index (Phi) is 15.8. The molecule has 17 heavy (non-hydrogen) atoms. The number of allylic oxidation sites excluding steroid dienone is 8. The van der Waals surface area contributed by atoms with E-state index in [9.17, 15) is 0 Å². The molecule has 0 spiro atoms. The number of hydrogen-bond donors (Lipinski definition) is 0. The fourth-order valence-electron chi connectivity index (χ4n) is 0.936. The van der Waals surface area contributed by atoms with Crippen molar-refractivity contribution in [1.29, 1.82) is 0 Å². The van der Waals surface area contributed by atoms with Crippen LogP contribution in [0.15, 0.2) is 59.8 Å². The van der Waals surface area contributed by atoms with Crippen LogP contribution in [0.5, 0.6) is 0 Å². The van der Waals surface area contributed by atoms with Crippen LogP contribution in [0.3, 0.4) is 0 Å². The quantitative estimate of drug-likeness (QED) is 0.506. The zero-order valence-corrected chi connectivity index (χ0v) is 11.7. The van der Waals surface area contributed by atoms with E-state index in [4.69, 9.17) is 0 Å². The summed E-state index contributed by atoms with van der Waals surface area (Å²) in [6.45, 7) is 19.7. The second-order valence-corrected chi connectivity index (χ2v) is 4.12. The fourth-order valence-corrected chi connectivity index (χ4v) is 0.936. The Labute approximate surface area is 109 Å². The Morgan fingerprint density at radius 2 is 1.47 bits per heavy atom. The average molecular weight is 234 g/mol. The van der Waals surface area contributed by atoms with Gasteiger partial charge in [0.05, 0.1) is 0 Å². The predicted octanol–water partition coefficient (Wildman–Crippen LogP) is 6.25. The molecule has 0 saturated carbocycles. The second-order valence-electron chi connectivity index (χ2n) is 4.12. The molecule has 0 aromatic carbocycles. The summed E-state index contributed by atoms with van der Waals surface area (Å²) >= 11 is 0. The minimum Gasteiger partial charge on any atom is -0.0991 e. The van der Waals surface area contributed by atoms with E-state index < -0.39 is 0 Å². The lowest BCUT2D eigenvalue weighted by Crippen LogP contribution is -1.71. The SMILES string of the molecule is C.C=C(C)/C(C)=C\C.C=C/C=C(/C)C=C(C)C. The summed E-state index contributed by atoms with van der Waals surface area (Å²) in [6.07, 6.45) is 7.98. The van der Waals surface area contributed by atoms with Crippen LogP contribution in [0.2, 0.25) is 0 Å². The van der Waals surface area contributed by atoms with Gasteiger partial charge in [0, 0.05) is 0 Å². The van der Waals surface area contributed by atoms with Gasteiger partial charge in [0.1, 0.15) is 0 Å². The Morgan fingerprint density at radius 3 is 1.65 bits per heavy atom. The van der Waals surface area contributed by atoms with Crippen LogP contribution in [-0.2, 0) is 0 Å². The first-order chi connectivity index (χ1) is 7.34. The van der Waals surface area contributed by atoms with Gasteiger partial charge in [-0.1, -0.05) is 67.2 Å². The highest BCUT2D eigenvalue weighted by Gasteiger charge is 1.81. The molecule has 0 atom stereocenters. The molecule has 0 aliphatic carbocycles. The molecule has 0 radical (unpaired) electrons. The molecule has 0 bridgehead atoms. The minimum absolute atomic E-state index is 0. The first kappa shape index (κ1) is 21.0. The normalized spacial score (nSPS) is 10.5. The highest BCUT2D eigenvalue weighted by Crippen LogP contribution is 2.02. The van der Waals surface area contributed by atoms with Gasteiger partial charge in [0.15, 0.2) is 0 Å². The molecule has 0 heterocycles. The van der Waals surface area contributed by atoms with Gasteiger partial charge >= 0.3 is 0 Å². The smallest absolute Gasteiger partial charge is 0.0398 e. The average Bonchev–Trinajstić information content (AvgIpc) is 2.16. The van der Waals surface area contributed by atoms with Gasteiger partial charge in [-0.3, -0.25) is 0 Å². The molecule has 0 amide bonds. The van der Waals surface area contributed by atoms with Gasteiger partial charge in [-0.15, -0.1) is 0 Å². The van der Waals surface area contributed by atoms with Gasteiger partial charge in [-0.2, -0.15) is 0 Å². The first-order valence-electron chi connectivity index (χ1n) is 5.58. The van der Waals surface area contributed by atoms with Crippen LogP contribution in [-0.4, -0.2) is 0 Å². The van der Waals surface area contributed by atoms with Gasteiger partial charge < -0.3 is 0 Å². The Balaban J connectivity index is -0.000000224. The van der Waals surface area contributed by atoms with Gasteiger partial charge in [0.2, 0.25) is 0 Å². The van der Waals surface area contributed by atoms with E-state index in [1.165, 1.54) is 16.7 Å². The van der Waals surface area contributed by atoms with Crippen molar-refractivity contribution in [3.63, 3.8) is 0 Å². The standard InChI is InChI=1S/C9H14.C7H12.CH4/c1-5-6-9(4)7-8(2)3;1-5-7(4)6(2)3;/h5-7H,1H2,2-4H3;5H,2H2,1,3-4H3;1H4/b9-6-;7-5-;. The molecular weight excluding hydrogens is 204 g/mol. The molecular formula is C17H30. The lowest BCUT2D eigenvalue weighted by Gasteiger charge is -1.92. The molecule has 0 N–H and O–H groups in total. The Hall–Kier alpha value is -1.30. The topological polar surface area (TPSA) is 0 Å². The lowest BCUT2D eigenvalue weighted by molar-refractivity contribution is 1.34. The molecule has 0 unspecified atom stereocenters. The van der Waals surface area contributed by atoms with Crippen molar-refractivity contribution in [3.05, 3.63) is 59.8 Å². The molecule has 0 nitrogen and oxygen atoms in total. The maximum absolute atomic E-state index is 3.76. The predicted molar refractivity (Wildman–Crippen MR) is 84.4 cm³/mol. The number of hydrogen-bond acceptors (Lipinski definition) is 0. The van der Waals surface area contributed by atoms with Crippen molar-refractivity contribution >= 4 is 0 Å². The summed E-state index contributed by atoms with van der Waals surface area (Å²) in [5.41, 5.74) is 5.01. The Morgan fingerprint density at radius 1 is 1.00 bits per heavy atom. The Bertz CT molecular complexity index is 305. The molecule has 0 aliphatic heterocycles. The van der Waals surface area contributed by atoms with Gasteiger partial charge in [-0.05, 0) is 41.5 Å². The highest BCUT2D eigenvalue weighted by atomic mass is 13.9. The monoisotopic (exact) mass is 234 g/mol. The third-order valence-corrected chi connectivity index (χ3v) is 2.00. The van der Waals surface area contributed by atoms with E-state index in [0.29, 0.717) is 0 Å². The first-order valence-corrected chi connectivity index (χ1v) is 5.58. The van der Waals surface area contributed by atoms with Gasteiger partial charge in [0.25, 0.3) is 0 Å². The molecule has 98 valence electrons. The maximum Gasteiger partial charge on any atom is -0.0398 e. The van der Waals surface area contributed by atoms with Crippen molar-refractivity contribution in [1.82, 2.24) is 0 Å². The van der Waals surface area contributed by atoms with Crippen LogP contribution >= 0.6 is 0 Å². The highest BCUT2D eigenvalue weighted by molar-refractivity contribution is 5.23. The van der Waals surface area contributed by atoms with Crippen LogP contribution in [0.4, 0.5) is 0 Å². The van der Waals surface area contributed by atoms with Crippen molar-refractivity contribution in [3.8, 4) is 0 Å². The fraction of sp³-hybridized carbons (Fsp3) is 0.412. The summed E-state index contributed by atoms with van der Waals surface area (Å²) in [4.78, 5) is 0. The molecule has 0 fully saturated rings. The van der Waals surface area contributed by atoms with E-state index >= 15 is 0 Å². The second kappa shape index (κ2) is 12.8. The molecule has 0 aromatic rings. The molecule has 0 heteroatoms. The van der Waals surface area contributed by atoms with E-state index in [-0.39, 0.29) is 7.43 Å². The summed E-state index contributed by atoms with van der Waals surface area (Å²) in [5.74, 6) is 0. The third-order valence-electron chi connectivity index (χ3n) is 2.00. The maximum atomic E-state index is 3.76. The van der Waals surface area contributed by atoms with Crippen molar-refractivity contribution in [2.24, 2.45) is 0 Å². The van der Waals surface area contributed by atoms with E-state index in [0.717, 1.165) is 5.57 Å². The van der Waals surface area contributed by atoms with Gasteiger partial charge in [-0.25, -0.2) is 0 Å². The van der Waals surface area contributed by atoms with Crippen molar-refractivity contribution < 1.29 is 0 Å². The summed E-state index contributed by atoms with van der Waals surface area (Å²) in [6, 6.07) is 0. The van der Waals surface area contributed by atoms with E-state index in [1.807, 2.05) is 19.9 Å². The van der Waals surface area contributed by atoms with Crippen LogP contribution in [0.1, 0.15) is 49.0 Å². The largest absolute Gasteiger partial charge is 0.0991 e. The van der Waals surface area contributed by atoms with Crippen molar-refractivity contribution in [2.75, 3.05) is 0 Å². The summed E-state index contributed by atoms with van der Waals surface area (Å²) in [7, 11) is 0. The molecule has 0 aromatic heterocycles. The third kappa shape index (κ3) is 17.3.